The normalized spacial score (nSPS) is 7.21. The number of hydrogen-bond acceptors (Lipinski definition) is 8. The van der Waals surface area contributed by atoms with Gasteiger partial charge in [-0.1, -0.05) is 0 Å². The van der Waals surface area contributed by atoms with Crippen LogP contribution in [0, 0.1) is 0 Å². The molecule has 0 unspecified atom stereocenters. The van der Waals surface area contributed by atoms with Crippen molar-refractivity contribution >= 4 is 11.9 Å². The van der Waals surface area contributed by atoms with E-state index in [0.717, 1.165) is 0 Å². The predicted molar refractivity (Wildman–Crippen MR) is 24.0 cm³/mol. The monoisotopic (exact) mass is 282 g/mol. The molecule has 0 saturated heterocycles. The molecule has 0 saturated carbocycles. The van der Waals surface area contributed by atoms with Gasteiger partial charge in [0.15, 0.2) is 0 Å². The first-order valence-electron chi connectivity index (χ1n) is 1.68. The van der Waals surface area contributed by atoms with Gasteiger partial charge in [0.25, 0.3) is 0 Å². The van der Waals surface area contributed by atoms with Crippen LogP contribution in [0.25, 0.3) is 0 Å². The second kappa shape index (κ2) is 13.4. The zero-order valence-corrected chi connectivity index (χ0v) is 11.9. The summed E-state index contributed by atoms with van der Waals surface area (Å²) >= 11 is -5.62. The Morgan fingerprint density at radius 3 is 0.929 bits per heavy atom. The van der Waals surface area contributed by atoms with Crippen LogP contribution in [0.1, 0.15) is 0 Å². The molecule has 0 radical (unpaired) electrons. The zero-order chi connectivity index (χ0) is 9.65. The number of quaternary nitrogens is 2. The van der Waals surface area contributed by atoms with E-state index < -0.39 is 24.9 Å². The molecule has 12 heteroatoms. The molecule has 0 aliphatic rings. The molecule has 0 fully saturated rings. The summed E-state index contributed by atoms with van der Waals surface area (Å²) in [5.74, 6) is -4.37. The van der Waals surface area contributed by atoms with Crippen LogP contribution in [0.15, 0.2) is 0 Å². The standard InChI is InChI=1S/C2H2O4.K.Mn.2H3N.4O/c3-1(4)2(5)6;;;;;;;;/h(H,3,4)(H,5,6);;;2*1H3;;;;/q;+1;;;;;;;-1. The van der Waals surface area contributed by atoms with Crippen molar-refractivity contribution in [2.45, 2.75) is 0 Å². The molecule has 0 aromatic rings. The fourth-order valence-electron chi connectivity index (χ4n) is 0. The molecule has 0 aliphatic carbocycles. The van der Waals surface area contributed by atoms with Gasteiger partial charge in [-0.15, -0.1) is 0 Å². The van der Waals surface area contributed by atoms with Crippen molar-refractivity contribution in [3.8, 4) is 0 Å². The van der Waals surface area contributed by atoms with E-state index in [9.17, 15) is 0 Å². The molecular weight excluding hydrogens is 274 g/mol. The van der Waals surface area contributed by atoms with E-state index in [1.54, 1.807) is 0 Å². The van der Waals surface area contributed by atoms with Crippen LogP contribution in [0.4, 0.5) is 0 Å². The number of rotatable bonds is 0. The molecule has 0 rings (SSSR count). The van der Waals surface area contributed by atoms with Crippen LogP contribution in [0.2, 0.25) is 0 Å². The first kappa shape index (κ1) is 29.3. The van der Waals surface area contributed by atoms with Gasteiger partial charge in [-0.2, -0.15) is 0 Å². The molecule has 14 heavy (non-hydrogen) atoms. The number of hydrogen-bond donors (Lipinski definition) is 2. The summed E-state index contributed by atoms with van der Waals surface area (Å²) in [6, 6.07) is 0. The van der Waals surface area contributed by atoms with Gasteiger partial charge >= 0.3 is 80.0 Å². The first-order valence-corrected chi connectivity index (χ1v) is 3.61. The maximum atomic E-state index is 8.93. The number of carboxylic acid groups (broad SMARTS) is 2. The molecule has 8 N–H and O–H groups in total. The van der Waals surface area contributed by atoms with E-state index in [0.29, 0.717) is 0 Å². The molecule has 0 atom stereocenters. The number of aliphatic carboxylic acids is 2. The van der Waals surface area contributed by atoms with E-state index in [1.165, 1.54) is 0 Å². The van der Waals surface area contributed by atoms with E-state index in [-0.39, 0.29) is 63.7 Å². The molecule has 0 spiro atoms. The average molecular weight is 282 g/mol. The van der Waals surface area contributed by atoms with Crippen molar-refractivity contribution in [2.24, 2.45) is 0 Å². The number of carboxylic acids is 2. The van der Waals surface area contributed by atoms with Gasteiger partial charge < -0.3 is 32.1 Å². The van der Waals surface area contributed by atoms with Gasteiger partial charge in [-0.25, -0.2) is 0 Å². The van der Waals surface area contributed by atoms with Crippen LogP contribution in [-0.4, -0.2) is 11.9 Å². The summed E-state index contributed by atoms with van der Waals surface area (Å²) in [6.45, 7) is 0. The van der Waals surface area contributed by atoms with Crippen molar-refractivity contribution < 1.29 is 99.9 Å². The Balaban J connectivity index is -0.0000000321. The molecular formula is C2H8KMnN2O8. The van der Waals surface area contributed by atoms with Crippen molar-refractivity contribution in [3.05, 3.63) is 0 Å². The molecule has 0 heterocycles. The summed E-state index contributed by atoms with van der Waals surface area (Å²) in [4.78, 5) is 17.9. The topological polar surface area (TPSA) is 228 Å². The van der Waals surface area contributed by atoms with Crippen molar-refractivity contribution in [1.29, 1.82) is 0 Å². The number of carbonyl (C=O) groups is 2. The van der Waals surface area contributed by atoms with Crippen LogP contribution in [-0.2, 0) is 34.1 Å². The SMILES string of the molecule is O=C([O-])C(=O)[O-].[K+].[NH4+].[NH4+].[O]=[Mn](=[O])(=[O])[O-]. The third-order valence-electron chi connectivity index (χ3n) is 0.167. The van der Waals surface area contributed by atoms with E-state index in [4.69, 9.17) is 35.5 Å². The van der Waals surface area contributed by atoms with E-state index in [1.807, 2.05) is 0 Å². The zero-order valence-electron chi connectivity index (χ0n) is 7.64. The van der Waals surface area contributed by atoms with Crippen molar-refractivity contribution in [2.75, 3.05) is 0 Å². The molecule has 0 bridgehead atoms. The Kier molecular flexibility index (Phi) is 28.0. The Labute approximate surface area is 122 Å². The summed E-state index contributed by atoms with van der Waals surface area (Å²) < 4.78 is 34.3. The van der Waals surface area contributed by atoms with Crippen LogP contribution in [0.3, 0.4) is 0 Å². The Morgan fingerprint density at radius 2 is 0.929 bits per heavy atom. The third-order valence-corrected chi connectivity index (χ3v) is 0.167. The van der Waals surface area contributed by atoms with E-state index in [2.05, 4.69) is 0 Å². The van der Waals surface area contributed by atoms with Gasteiger partial charge in [0.1, 0.15) is 0 Å². The van der Waals surface area contributed by atoms with Crippen LogP contribution in [0.5, 0.6) is 0 Å². The summed E-state index contributed by atoms with van der Waals surface area (Å²) in [7, 11) is 0. The third kappa shape index (κ3) is 83.6. The molecule has 10 nitrogen and oxygen atoms in total. The van der Waals surface area contributed by atoms with Crippen LogP contribution < -0.4 is 78.1 Å². The summed E-state index contributed by atoms with van der Waals surface area (Å²) in [5.41, 5.74) is 0. The van der Waals surface area contributed by atoms with Gasteiger partial charge in [0, 0.05) is 0 Å². The predicted octanol–water partition coefficient (Wildman–Crippen LogP) is -7.31. The quantitative estimate of drug-likeness (QED) is 0.319. The fraction of sp³-hybridized carbons (Fsp3) is 0. The Morgan fingerprint density at radius 1 is 0.857 bits per heavy atom. The van der Waals surface area contributed by atoms with Gasteiger partial charge in [0.05, 0.1) is 11.9 Å². The van der Waals surface area contributed by atoms with Crippen LogP contribution >= 0.6 is 0 Å². The van der Waals surface area contributed by atoms with E-state index >= 15 is 0 Å². The second-order valence-electron chi connectivity index (χ2n) is 0.953. The fourth-order valence-corrected chi connectivity index (χ4v) is 0. The summed E-state index contributed by atoms with van der Waals surface area (Å²) in [5, 5.41) is 17.9. The molecule has 0 amide bonds. The second-order valence-corrected chi connectivity index (χ2v) is 2.13. The van der Waals surface area contributed by atoms with Crippen molar-refractivity contribution in [1.82, 2.24) is 12.3 Å². The molecule has 0 aliphatic heterocycles. The molecule has 0 aromatic carbocycles. The number of carbonyl (C=O) groups excluding carboxylic acids is 2. The summed E-state index contributed by atoms with van der Waals surface area (Å²) in [6.07, 6.45) is 0. The minimum absolute atomic E-state index is 0. The average Bonchev–Trinajstić information content (AvgIpc) is 1.59. The minimum atomic E-state index is -5.62. The molecule has 0 aromatic heterocycles. The molecule has 82 valence electrons. The van der Waals surface area contributed by atoms with Gasteiger partial charge in [0.2, 0.25) is 0 Å². The maximum absolute atomic E-state index is 8.93. The Hall–Kier alpha value is 0.376. The first-order chi connectivity index (χ1) is 4.64. The Bertz CT molecular complexity index is 275. The van der Waals surface area contributed by atoms with Crippen molar-refractivity contribution in [3.63, 3.8) is 0 Å². The van der Waals surface area contributed by atoms with Gasteiger partial charge in [-0.3, -0.25) is 0 Å². The van der Waals surface area contributed by atoms with Gasteiger partial charge in [-0.05, 0) is 0 Å².